The molecule has 19 heavy (non-hydrogen) atoms. The average molecular weight is 259 g/mol. The molecule has 1 aromatic carbocycles. The normalized spacial score (nSPS) is 21.7. The van der Waals surface area contributed by atoms with Gasteiger partial charge in [0.25, 0.3) is 0 Å². The van der Waals surface area contributed by atoms with Crippen molar-refractivity contribution in [1.82, 2.24) is 0 Å². The maximum atomic E-state index is 2.58. The summed E-state index contributed by atoms with van der Waals surface area (Å²) in [6.45, 7) is 16.4. The standard InChI is InChI=1S/C18H29N/c1-14(2)15-8-7-9-16(10-15)19-12-17(3,4)11-18(5,6)13-19/h7-10,14H,11-13H2,1-6H3. The monoisotopic (exact) mass is 259 g/mol. The van der Waals surface area contributed by atoms with Gasteiger partial charge >= 0.3 is 0 Å². The van der Waals surface area contributed by atoms with Gasteiger partial charge in [-0.05, 0) is 40.9 Å². The van der Waals surface area contributed by atoms with E-state index in [-0.39, 0.29) is 0 Å². The van der Waals surface area contributed by atoms with Gasteiger partial charge in [-0.25, -0.2) is 0 Å². The second kappa shape index (κ2) is 4.85. The van der Waals surface area contributed by atoms with Gasteiger partial charge in [-0.1, -0.05) is 53.7 Å². The molecule has 2 rings (SSSR count). The maximum absolute atomic E-state index is 2.58. The molecule has 1 heterocycles. The Kier molecular flexibility index (Phi) is 3.68. The van der Waals surface area contributed by atoms with Gasteiger partial charge in [-0.2, -0.15) is 0 Å². The highest BCUT2D eigenvalue weighted by Crippen LogP contribution is 2.41. The third-order valence-electron chi connectivity index (χ3n) is 4.10. The lowest BCUT2D eigenvalue weighted by molar-refractivity contribution is 0.159. The lowest BCUT2D eigenvalue weighted by Gasteiger charge is -2.48. The van der Waals surface area contributed by atoms with E-state index in [9.17, 15) is 0 Å². The van der Waals surface area contributed by atoms with Crippen molar-refractivity contribution < 1.29 is 0 Å². The maximum Gasteiger partial charge on any atom is 0.0369 e. The van der Waals surface area contributed by atoms with Crippen molar-refractivity contribution in [2.24, 2.45) is 10.8 Å². The first-order valence-corrected chi connectivity index (χ1v) is 7.54. The van der Waals surface area contributed by atoms with Gasteiger partial charge in [0.1, 0.15) is 0 Å². The molecule has 0 amide bonds. The molecule has 1 heteroatoms. The molecule has 0 bridgehead atoms. The minimum Gasteiger partial charge on any atom is -0.370 e. The van der Waals surface area contributed by atoms with Crippen molar-refractivity contribution in [3.8, 4) is 0 Å². The van der Waals surface area contributed by atoms with Crippen molar-refractivity contribution in [3.63, 3.8) is 0 Å². The van der Waals surface area contributed by atoms with Crippen LogP contribution >= 0.6 is 0 Å². The Hall–Kier alpha value is -0.980. The lowest BCUT2D eigenvalue weighted by atomic mass is 9.71. The highest BCUT2D eigenvalue weighted by Gasteiger charge is 2.37. The highest BCUT2D eigenvalue weighted by atomic mass is 15.2. The van der Waals surface area contributed by atoms with Crippen molar-refractivity contribution in [2.75, 3.05) is 18.0 Å². The van der Waals surface area contributed by atoms with Crippen molar-refractivity contribution in [3.05, 3.63) is 29.8 Å². The Balaban J connectivity index is 2.28. The summed E-state index contributed by atoms with van der Waals surface area (Å²) < 4.78 is 0. The minimum absolute atomic E-state index is 0.398. The Bertz CT molecular complexity index is 427. The molecule has 0 unspecified atom stereocenters. The predicted molar refractivity (Wildman–Crippen MR) is 84.9 cm³/mol. The summed E-state index contributed by atoms with van der Waals surface area (Å²) in [5.74, 6) is 0.603. The Morgan fingerprint density at radius 1 is 1.00 bits per heavy atom. The van der Waals surface area contributed by atoms with Gasteiger partial charge < -0.3 is 4.90 Å². The van der Waals surface area contributed by atoms with Crippen molar-refractivity contribution >= 4 is 5.69 Å². The summed E-state index contributed by atoms with van der Waals surface area (Å²) in [7, 11) is 0. The van der Waals surface area contributed by atoms with Gasteiger partial charge in [0, 0.05) is 18.8 Å². The fourth-order valence-corrected chi connectivity index (χ4v) is 3.76. The average Bonchev–Trinajstić information content (AvgIpc) is 2.25. The molecule has 0 aromatic heterocycles. The largest absolute Gasteiger partial charge is 0.370 e. The van der Waals surface area contributed by atoms with E-state index in [1.807, 2.05) is 0 Å². The van der Waals surface area contributed by atoms with Crippen LogP contribution in [-0.2, 0) is 0 Å². The molecular weight excluding hydrogens is 230 g/mol. The molecule has 0 atom stereocenters. The first-order chi connectivity index (χ1) is 8.69. The zero-order chi connectivity index (χ0) is 14.3. The molecule has 106 valence electrons. The van der Waals surface area contributed by atoms with E-state index >= 15 is 0 Å². The van der Waals surface area contributed by atoms with E-state index < -0.39 is 0 Å². The van der Waals surface area contributed by atoms with Gasteiger partial charge in [0.2, 0.25) is 0 Å². The van der Waals surface area contributed by atoms with Crippen LogP contribution in [0.25, 0.3) is 0 Å². The predicted octanol–water partition coefficient (Wildman–Crippen LogP) is 5.07. The van der Waals surface area contributed by atoms with E-state index in [0.29, 0.717) is 16.7 Å². The van der Waals surface area contributed by atoms with Crippen molar-refractivity contribution in [2.45, 2.75) is 53.9 Å². The molecule has 0 saturated carbocycles. The molecule has 0 spiro atoms. The summed E-state index contributed by atoms with van der Waals surface area (Å²) in [6.07, 6.45) is 1.31. The third kappa shape index (κ3) is 3.52. The zero-order valence-electron chi connectivity index (χ0n) is 13.5. The second-order valence-electron chi connectivity index (χ2n) is 8.11. The summed E-state index contributed by atoms with van der Waals surface area (Å²) in [5, 5.41) is 0. The molecule has 0 aliphatic carbocycles. The summed E-state index contributed by atoms with van der Waals surface area (Å²) >= 11 is 0. The fraction of sp³-hybridized carbons (Fsp3) is 0.667. The van der Waals surface area contributed by atoms with Crippen LogP contribution in [0.1, 0.15) is 59.4 Å². The van der Waals surface area contributed by atoms with E-state index in [4.69, 9.17) is 0 Å². The third-order valence-corrected chi connectivity index (χ3v) is 4.10. The summed E-state index contributed by atoms with van der Waals surface area (Å²) in [6, 6.07) is 9.10. The second-order valence-corrected chi connectivity index (χ2v) is 8.11. The van der Waals surface area contributed by atoms with E-state index in [1.54, 1.807) is 0 Å². The molecule has 1 aromatic rings. The van der Waals surface area contributed by atoms with Gasteiger partial charge in [0.15, 0.2) is 0 Å². The number of nitrogens with zero attached hydrogens (tertiary/aromatic N) is 1. The Morgan fingerprint density at radius 3 is 2.11 bits per heavy atom. The van der Waals surface area contributed by atoms with Gasteiger partial charge in [0.05, 0.1) is 0 Å². The number of piperidine rings is 1. The Labute approximate surface area is 119 Å². The zero-order valence-corrected chi connectivity index (χ0v) is 13.5. The van der Waals surface area contributed by atoms with Crippen LogP contribution in [0.2, 0.25) is 0 Å². The van der Waals surface area contributed by atoms with Crippen LogP contribution in [0.15, 0.2) is 24.3 Å². The lowest BCUT2D eigenvalue weighted by Crippen LogP contribution is -2.48. The number of anilines is 1. The van der Waals surface area contributed by atoms with Crippen LogP contribution in [0.3, 0.4) is 0 Å². The van der Waals surface area contributed by atoms with E-state index in [0.717, 1.165) is 13.1 Å². The van der Waals surface area contributed by atoms with Crippen LogP contribution in [-0.4, -0.2) is 13.1 Å². The topological polar surface area (TPSA) is 3.24 Å². The Morgan fingerprint density at radius 2 is 1.58 bits per heavy atom. The van der Waals surface area contributed by atoms with Gasteiger partial charge in [-0.15, -0.1) is 0 Å². The quantitative estimate of drug-likeness (QED) is 0.716. The molecule has 1 aliphatic heterocycles. The van der Waals surface area contributed by atoms with Crippen molar-refractivity contribution in [1.29, 1.82) is 0 Å². The summed E-state index contributed by atoms with van der Waals surface area (Å²) in [5.41, 5.74) is 3.64. The van der Waals surface area contributed by atoms with Crippen LogP contribution < -0.4 is 4.90 Å². The fourth-order valence-electron chi connectivity index (χ4n) is 3.76. The first-order valence-electron chi connectivity index (χ1n) is 7.54. The molecule has 1 nitrogen and oxygen atoms in total. The van der Waals surface area contributed by atoms with E-state index in [1.165, 1.54) is 17.7 Å². The number of hydrogen-bond acceptors (Lipinski definition) is 1. The molecule has 1 saturated heterocycles. The molecule has 1 aliphatic rings. The first kappa shape index (κ1) is 14.4. The SMILES string of the molecule is CC(C)c1cccc(N2CC(C)(C)CC(C)(C)C2)c1. The molecule has 1 fully saturated rings. The molecule has 0 radical (unpaired) electrons. The highest BCUT2D eigenvalue weighted by molar-refractivity contribution is 5.50. The number of benzene rings is 1. The number of hydrogen-bond donors (Lipinski definition) is 0. The van der Waals surface area contributed by atoms with E-state index in [2.05, 4.69) is 70.7 Å². The van der Waals surface area contributed by atoms with Crippen LogP contribution in [0.4, 0.5) is 5.69 Å². The molecule has 0 N–H and O–H groups in total. The minimum atomic E-state index is 0.398. The summed E-state index contributed by atoms with van der Waals surface area (Å²) in [4.78, 5) is 2.58. The van der Waals surface area contributed by atoms with Crippen LogP contribution in [0.5, 0.6) is 0 Å². The molecular formula is C18H29N. The van der Waals surface area contributed by atoms with Gasteiger partial charge in [-0.3, -0.25) is 0 Å². The van der Waals surface area contributed by atoms with Crippen LogP contribution in [0, 0.1) is 10.8 Å². The smallest absolute Gasteiger partial charge is 0.0369 e. The number of rotatable bonds is 2.